The molecule has 2 heterocycles. The van der Waals surface area contributed by atoms with E-state index < -0.39 is 24.1 Å². The monoisotopic (exact) mass is 568 g/mol. The SMILES string of the molecule is CCOC(=O)C1CCCCN1c1cc(N(CCc2ccc(OC(F)(F)F)cc2)C(=O)OC(C)(C)C)nc(OC)n1. The van der Waals surface area contributed by atoms with Gasteiger partial charge in [0.05, 0.1) is 13.7 Å². The van der Waals surface area contributed by atoms with E-state index in [0.717, 1.165) is 12.8 Å². The summed E-state index contributed by atoms with van der Waals surface area (Å²) < 4.78 is 57.7. The summed E-state index contributed by atoms with van der Waals surface area (Å²) in [6, 6.07) is 6.41. The van der Waals surface area contributed by atoms with Gasteiger partial charge >= 0.3 is 24.4 Å². The molecule has 0 saturated carbocycles. The average Bonchev–Trinajstić information content (AvgIpc) is 2.88. The largest absolute Gasteiger partial charge is 0.573 e. The highest BCUT2D eigenvalue weighted by Gasteiger charge is 2.33. The molecule has 1 aliphatic rings. The molecule has 0 spiro atoms. The molecule has 2 aromatic rings. The van der Waals surface area contributed by atoms with E-state index in [0.29, 0.717) is 24.3 Å². The Kier molecular flexibility index (Phi) is 10.0. The van der Waals surface area contributed by atoms with Crippen LogP contribution >= 0.6 is 0 Å². The molecule has 3 rings (SSSR count). The average molecular weight is 569 g/mol. The number of nitrogens with zero attached hydrogens (tertiary/aromatic N) is 4. The molecule has 1 amide bonds. The topological polar surface area (TPSA) is 103 Å². The molecule has 0 bridgehead atoms. The third-order valence-electron chi connectivity index (χ3n) is 5.89. The standard InChI is InChI=1S/C27H35F3N4O6/c1-6-38-23(35)20-9-7-8-15-33(20)21-17-22(32-24(31-21)37-5)34(25(36)40-26(2,3)4)16-14-18-10-12-19(13-11-18)39-27(28,29)30/h10-13,17,20H,6-9,14-16H2,1-5H3. The third kappa shape index (κ3) is 8.88. The zero-order valence-electron chi connectivity index (χ0n) is 23.3. The van der Waals surface area contributed by atoms with Crippen LogP contribution in [0.1, 0.15) is 52.5 Å². The number of halogens is 3. The van der Waals surface area contributed by atoms with Crippen molar-refractivity contribution >= 4 is 23.7 Å². The molecule has 0 radical (unpaired) electrons. The first-order chi connectivity index (χ1) is 18.8. The molecule has 1 unspecified atom stereocenters. The first-order valence-corrected chi connectivity index (χ1v) is 13.0. The zero-order chi connectivity index (χ0) is 29.5. The summed E-state index contributed by atoms with van der Waals surface area (Å²) in [6.07, 6.45) is -2.93. The number of amides is 1. The number of rotatable bonds is 9. The number of carbonyl (C=O) groups excluding carboxylic acids is 2. The number of ether oxygens (including phenoxy) is 4. The molecular formula is C27H35F3N4O6. The van der Waals surface area contributed by atoms with E-state index in [1.54, 1.807) is 33.8 Å². The lowest BCUT2D eigenvalue weighted by Gasteiger charge is -2.35. The first-order valence-electron chi connectivity index (χ1n) is 13.0. The number of methoxy groups -OCH3 is 1. The van der Waals surface area contributed by atoms with Gasteiger partial charge in [-0.3, -0.25) is 4.90 Å². The van der Waals surface area contributed by atoms with Gasteiger partial charge in [-0.05, 0) is 71.1 Å². The summed E-state index contributed by atoms with van der Waals surface area (Å²) in [4.78, 5) is 37.9. The van der Waals surface area contributed by atoms with Crippen LogP contribution in [0.25, 0.3) is 0 Å². The fourth-order valence-electron chi connectivity index (χ4n) is 4.18. The van der Waals surface area contributed by atoms with Crippen LogP contribution in [0.3, 0.4) is 0 Å². The van der Waals surface area contributed by atoms with Gasteiger partial charge in [0.2, 0.25) is 0 Å². The molecule has 1 aromatic carbocycles. The highest BCUT2D eigenvalue weighted by Crippen LogP contribution is 2.30. The Morgan fingerprint density at radius 1 is 1.10 bits per heavy atom. The van der Waals surface area contributed by atoms with E-state index in [4.69, 9.17) is 14.2 Å². The predicted octanol–water partition coefficient (Wildman–Crippen LogP) is 5.29. The van der Waals surface area contributed by atoms with Crippen molar-refractivity contribution in [3.63, 3.8) is 0 Å². The molecule has 10 nitrogen and oxygen atoms in total. The zero-order valence-corrected chi connectivity index (χ0v) is 23.3. The van der Waals surface area contributed by atoms with Gasteiger partial charge in [0.15, 0.2) is 0 Å². The summed E-state index contributed by atoms with van der Waals surface area (Å²) in [6.45, 7) is 7.80. The lowest BCUT2D eigenvalue weighted by atomic mass is 10.0. The van der Waals surface area contributed by atoms with Crippen molar-refractivity contribution in [2.24, 2.45) is 0 Å². The molecule has 1 aromatic heterocycles. The van der Waals surface area contributed by atoms with Gasteiger partial charge in [0.1, 0.15) is 29.0 Å². The van der Waals surface area contributed by atoms with Gasteiger partial charge in [-0.15, -0.1) is 13.2 Å². The molecule has 1 atom stereocenters. The van der Waals surface area contributed by atoms with Crippen LogP contribution in [-0.2, 0) is 20.7 Å². The van der Waals surface area contributed by atoms with E-state index in [-0.39, 0.29) is 43.1 Å². The van der Waals surface area contributed by atoms with Gasteiger partial charge in [0.25, 0.3) is 0 Å². The normalized spacial score (nSPS) is 15.8. The van der Waals surface area contributed by atoms with Crippen LogP contribution in [0.2, 0.25) is 0 Å². The molecule has 220 valence electrons. The third-order valence-corrected chi connectivity index (χ3v) is 5.89. The second kappa shape index (κ2) is 13.1. The van der Waals surface area contributed by atoms with Crippen molar-refractivity contribution < 1.29 is 41.7 Å². The highest BCUT2D eigenvalue weighted by molar-refractivity contribution is 5.87. The van der Waals surface area contributed by atoms with Gasteiger partial charge in [-0.25, -0.2) is 9.59 Å². The minimum Gasteiger partial charge on any atom is -0.467 e. The maximum absolute atomic E-state index is 13.3. The second-order valence-corrected chi connectivity index (χ2v) is 10.1. The lowest BCUT2D eigenvalue weighted by Crippen LogP contribution is -2.46. The number of carbonyl (C=O) groups is 2. The van der Waals surface area contributed by atoms with Gasteiger partial charge in [0, 0.05) is 19.2 Å². The maximum atomic E-state index is 13.3. The van der Waals surface area contributed by atoms with Gasteiger partial charge in [-0.2, -0.15) is 9.97 Å². The Balaban J connectivity index is 1.93. The number of hydrogen-bond acceptors (Lipinski definition) is 9. The Labute approximate surface area is 231 Å². The molecule has 0 aliphatic carbocycles. The second-order valence-electron chi connectivity index (χ2n) is 10.1. The number of alkyl halides is 3. The Morgan fingerprint density at radius 3 is 2.40 bits per heavy atom. The molecular weight excluding hydrogens is 533 g/mol. The van der Waals surface area contributed by atoms with E-state index in [1.807, 2.05) is 4.90 Å². The minimum absolute atomic E-state index is 0.0112. The van der Waals surface area contributed by atoms with Crippen LogP contribution < -0.4 is 19.3 Å². The Hall–Kier alpha value is -3.77. The van der Waals surface area contributed by atoms with Crippen molar-refractivity contribution in [2.45, 2.75) is 71.4 Å². The fourth-order valence-corrected chi connectivity index (χ4v) is 4.18. The summed E-state index contributed by atoms with van der Waals surface area (Å²) >= 11 is 0. The van der Waals surface area contributed by atoms with E-state index >= 15 is 0 Å². The number of anilines is 2. The number of benzene rings is 1. The molecule has 40 heavy (non-hydrogen) atoms. The first kappa shape index (κ1) is 30.8. The van der Waals surface area contributed by atoms with Crippen molar-refractivity contribution in [1.82, 2.24) is 9.97 Å². The Bertz CT molecular complexity index is 1150. The maximum Gasteiger partial charge on any atom is 0.573 e. The lowest BCUT2D eigenvalue weighted by molar-refractivity contribution is -0.274. The van der Waals surface area contributed by atoms with Gasteiger partial charge in [-0.1, -0.05) is 12.1 Å². The Morgan fingerprint density at radius 2 is 1.80 bits per heavy atom. The smallest absolute Gasteiger partial charge is 0.467 e. The summed E-state index contributed by atoms with van der Waals surface area (Å²) in [5.41, 5.74) is -0.156. The van der Waals surface area contributed by atoms with Crippen molar-refractivity contribution in [1.29, 1.82) is 0 Å². The van der Waals surface area contributed by atoms with Crippen LogP contribution in [0, 0.1) is 0 Å². The van der Waals surface area contributed by atoms with Crippen LogP contribution in [0.15, 0.2) is 30.3 Å². The molecule has 0 N–H and O–H groups in total. The summed E-state index contributed by atoms with van der Waals surface area (Å²) in [5, 5.41) is 0. The molecule has 1 aliphatic heterocycles. The minimum atomic E-state index is -4.79. The number of aromatic nitrogens is 2. The number of hydrogen-bond donors (Lipinski definition) is 0. The van der Waals surface area contributed by atoms with Crippen molar-refractivity contribution in [3.05, 3.63) is 35.9 Å². The number of piperidine rings is 1. The summed E-state index contributed by atoms with van der Waals surface area (Å²) in [5.74, 6) is -0.130. The molecule has 1 saturated heterocycles. The predicted molar refractivity (Wildman–Crippen MR) is 141 cm³/mol. The summed E-state index contributed by atoms with van der Waals surface area (Å²) in [7, 11) is 1.39. The van der Waals surface area contributed by atoms with Crippen molar-refractivity contribution in [2.75, 3.05) is 36.6 Å². The van der Waals surface area contributed by atoms with Gasteiger partial charge < -0.3 is 23.8 Å². The van der Waals surface area contributed by atoms with Crippen LogP contribution in [0.4, 0.5) is 29.6 Å². The van der Waals surface area contributed by atoms with E-state index in [9.17, 15) is 22.8 Å². The number of esters is 1. The van der Waals surface area contributed by atoms with Crippen molar-refractivity contribution in [3.8, 4) is 11.8 Å². The molecule has 13 heteroatoms. The fraction of sp³-hybridized carbons (Fsp3) is 0.556. The highest BCUT2D eigenvalue weighted by atomic mass is 19.4. The van der Waals surface area contributed by atoms with Crippen LogP contribution in [0.5, 0.6) is 11.8 Å². The quantitative estimate of drug-likeness (QED) is 0.373. The molecule has 1 fully saturated rings. The van der Waals surface area contributed by atoms with E-state index in [1.165, 1.54) is 36.3 Å². The van der Waals surface area contributed by atoms with Crippen LogP contribution in [-0.4, -0.2) is 66.8 Å². The van der Waals surface area contributed by atoms with E-state index in [2.05, 4.69) is 14.7 Å².